The largest absolute Gasteiger partial charge is 0.453 e. The Morgan fingerprint density at radius 2 is 1.90 bits per heavy atom. The van der Waals surface area contributed by atoms with Gasteiger partial charge < -0.3 is 19.5 Å². The molecule has 2 fully saturated rings. The van der Waals surface area contributed by atoms with E-state index in [0.717, 1.165) is 42.9 Å². The molecule has 40 heavy (non-hydrogen) atoms. The molecule has 0 aliphatic carbocycles. The highest BCUT2D eigenvalue weighted by atomic mass is 19.4. The third-order valence-corrected chi connectivity index (χ3v) is 8.51. The fraction of sp³-hybridized carbons (Fsp3) is 0.607. The lowest BCUT2D eigenvalue weighted by Gasteiger charge is -2.41. The van der Waals surface area contributed by atoms with Crippen molar-refractivity contribution in [2.24, 2.45) is 0 Å². The van der Waals surface area contributed by atoms with Gasteiger partial charge in [0, 0.05) is 37.6 Å². The topological polar surface area (TPSA) is 79.7 Å². The first-order valence-electron chi connectivity index (χ1n) is 13.8. The molecule has 0 unspecified atom stereocenters. The average Bonchev–Trinajstić information content (AvgIpc) is 3.34. The van der Waals surface area contributed by atoms with Gasteiger partial charge in [0.1, 0.15) is 18.1 Å². The molecule has 2 amide bonds. The summed E-state index contributed by atoms with van der Waals surface area (Å²) in [6.45, 7) is 3.62. The van der Waals surface area contributed by atoms with Crippen molar-refractivity contribution in [1.29, 1.82) is 0 Å². The smallest absolute Gasteiger partial charge is 0.409 e. The number of halogens is 4. The molecule has 4 heterocycles. The normalized spacial score (nSPS) is 23.6. The summed E-state index contributed by atoms with van der Waals surface area (Å²) in [5.74, 6) is -0.684. The Balaban J connectivity index is 1.28. The quantitative estimate of drug-likeness (QED) is 0.487. The molecule has 0 radical (unpaired) electrons. The minimum atomic E-state index is -4.61. The van der Waals surface area contributed by atoms with Crippen molar-refractivity contribution < 1.29 is 31.9 Å². The fourth-order valence-electron chi connectivity index (χ4n) is 6.86. The van der Waals surface area contributed by atoms with E-state index in [4.69, 9.17) is 9.72 Å². The molecule has 12 heteroatoms. The average molecular weight is 566 g/mol. The Morgan fingerprint density at radius 1 is 1.18 bits per heavy atom. The summed E-state index contributed by atoms with van der Waals surface area (Å²) in [6.07, 6.45) is -1.67. The van der Waals surface area contributed by atoms with Gasteiger partial charge in [0.25, 0.3) is 0 Å². The molecule has 2 bridgehead atoms. The lowest BCUT2D eigenvalue weighted by molar-refractivity contribution is -0.154. The standard InChI is InChI=1S/C28H35F4N5O3/c1-17-33-24-8-10-35(27(39)40-2)16-25(24)37(17)22-13-20-6-7-21(14-22)36(20)11-9-23(18-4-3-5-19(29)12-18)34-26(38)15-28(30,31)32/h3-5,12,20-23H,6-11,13-16H2,1-2H3,(H,34,38)/t20-,21+,22+,23-/m0/s1. The number of ether oxygens (including phenoxy) is 1. The maximum Gasteiger partial charge on any atom is 0.409 e. The maximum absolute atomic E-state index is 13.9. The van der Waals surface area contributed by atoms with Gasteiger partial charge >= 0.3 is 12.3 Å². The minimum Gasteiger partial charge on any atom is -0.453 e. The number of alkyl halides is 3. The Morgan fingerprint density at radius 3 is 2.55 bits per heavy atom. The number of methoxy groups -OCH3 is 1. The van der Waals surface area contributed by atoms with Crippen LogP contribution in [0.15, 0.2) is 24.3 Å². The highest BCUT2D eigenvalue weighted by Crippen LogP contribution is 2.43. The highest BCUT2D eigenvalue weighted by molar-refractivity contribution is 5.77. The number of hydrogen-bond donors (Lipinski definition) is 1. The molecule has 218 valence electrons. The van der Waals surface area contributed by atoms with Crippen molar-refractivity contribution in [1.82, 2.24) is 24.7 Å². The van der Waals surface area contributed by atoms with Gasteiger partial charge in [0.15, 0.2) is 0 Å². The van der Waals surface area contributed by atoms with E-state index in [9.17, 15) is 27.2 Å². The minimum absolute atomic E-state index is 0.230. The molecule has 3 aliphatic rings. The number of carbonyl (C=O) groups excluding carboxylic acids is 2. The number of nitrogens with zero attached hydrogens (tertiary/aromatic N) is 4. The number of nitrogens with one attached hydrogen (secondary N) is 1. The van der Waals surface area contributed by atoms with E-state index in [1.54, 1.807) is 11.0 Å². The van der Waals surface area contributed by atoms with Gasteiger partial charge in [0.05, 0.1) is 31.1 Å². The second-order valence-electron chi connectivity index (χ2n) is 11.1. The number of aryl methyl sites for hydroxylation is 1. The summed E-state index contributed by atoms with van der Waals surface area (Å²) in [5, 5.41) is 2.49. The number of rotatable bonds is 7. The number of amides is 2. The lowest BCUT2D eigenvalue weighted by atomic mass is 9.95. The Labute approximate surface area is 230 Å². The predicted octanol–water partition coefficient (Wildman–Crippen LogP) is 4.82. The van der Waals surface area contributed by atoms with Crippen LogP contribution >= 0.6 is 0 Å². The number of piperidine rings is 1. The van der Waals surface area contributed by atoms with E-state index in [-0.39, 0.29) is 24.2 Å². The van der Waals surface area contributed by atoms with E-state index in [2.05, 4.69) is 14.8 Å². The molecular formula is C28H35F4N5O3. The van der Waals surface area contributed by atoms with Crippen LogP contribution < -0.4 is 5.32 Å². The second-order valence-corrected chi connectivity index (χ2v) is 11.1. The molecule has 8 nitrogen and oxygen atoms in total. The molecule has 2 aromatic rings. The van der Waals surface area contributed by atoms with Crippen LogP contribution in [0.4, 0.5) is 22.4 Å². The van der Waals surface area contributed by atoms with Crippen LogP contribution in [-0.4, -0.2) is 69.8 Å². The SMILES string of the molecule is COC(=O)N1CCc2nc(C)n([C@H]3C[C@H]4CC[C@@H](C3)N4CC[C@H](NC(=O)CC(F)(F)F)c3cccc(F)c3)c2C1. The van der Waals surface area contributed by atoms with Crippen molar-refractivity contribution in [2.45, 2.75) is 88.8 Å². The fourth-order valence-corrected chi connectivity index (χ4v) is 6.86. The molecule has 1 aromatic carbocycles. The van der Waals surface area contributed by atoms with Crippen LogP contribution in [0.1, 0.15) is 73.4 Å². The summed E-state index contributed by atoms with van der Waals surface area (Å²) in [5.41, 5.74) is 2.54. The molecule has 3 aliphatic heterocycles. The van der Waals surface area contributed by atoms with E-state index < -0.39 is 30.4 Å². The molecular weight excluding hydrogens is 530 g/mol. The first kappa shape index (κ1) is 28.4. The predicted molar refractivity (Wildman–Crippen MR) is 138 cm³/mol. The number of benzene rings is 1. The molecule has 5 rings (SSSR count). The van der Waals surface area contributed by atoms with Gasteiger partial charge in [-0.15, -0.1) is 0 Å². The van der Waals surface area contributed by atoms with E-state index in [1.807, 2.05) is 6.92 Å². The van der Waals surface area contributed by atoms with Crippen molar-refractivity contribution >= 4 is 12.0 Å². The summed E-state index contributed by atoms with van der Waals surface area (Å²) >= 11 is 0. The van der Waals surface area contributed by atoms with Crippen LogP contribution in [0.3, 0.4) is 0 Å². The van der Waals surface area contributed by atoms with Crippen molar-refractivity contribution in [2.75, 3.05) is 20.2 Å². The molecule has 0 spiro atoms. The monoisotopic (exact) mass is 565 g/mol. The van der Waals surface area contributed by atoms with Crippen LogP contribution in [0.25, 0.3) is 0 Å². The Hall–Kier alpha value is -3.15. The van der Waals surface area contributed by atoms with Crippen molar-refractivity contribution in [3.63, 3.8) is 0 Å². The van der Waals surface area contributed by atoms with E-state index in [1.165, 1.54) is 25.3 Å². The molecule has 0 saturated carbocycles. The van der Waals surface area contributed by atoms with Crippen LogP contribution in [-0.2, 0) is 22.5 Å². The number of carbonyl (C=O) groups is 2. The third-order valence-electron chi connectivity index (χ3n) is 8.51. The second kappa shape index (κ2) is 11.4. The van der Waals surface area contributed by atoms with Gasteiger partial charge in [-0.1, -0.05) is 12.1 Å². The van der Waals surface area contributed by atoms with Crippen LogP contribution in [0, 0.1) is 12.7 Å². The van der Waals surface area contributed by atoms with Gasteiger partial charge in [-0.2, -0.15) is 13.2 Å². The van der Waals surface area contributed by atoms with Crippen LogP contribution in [0.2, 0.25) is 0 Å². The summed E-state index contributed by atoms with van der Waals surface area (Å²) in [6, 6.07) is 5.72. The van der Waals surface area contributed by atoms with Crippen molar-refractivity contribution in [3.8, 4) is 0 Å². The number of hydrogen-bond acceptors (Lipinski definition) is 5. The maximum atomic E-state index is 13.9. The van der Waals surface area contributed by atoms with Gasteiger partial charge in [-0.3, -0.25) is 9.69 Å². The summed E-state index contributed by atoms with van der Waals surface area (Å²) in [4.78, 5) is 33.2. The van der Waals surface area contributed by atoms with Gasteiger partial charge in [0.2, 0.25) is 5.91 Å². The molecule has 4 atom stereocenters. The molecule has 2 saturated heterocycles. The number of imidazole rings is 1. The van der Waals surface area contributed by atoms with Crippen LogP contribution in [0.5, 0.6) is 0 Å². The highest BCUT2D eigenvalue weighted by Gasteiger charge is 2.43. The molecule has 1 aromatic heterocycles. The first-order chi connectivity index (χ1) is 19.0. The Kier molecular flexibility index (Phi) is 8.08. The zero-order valence-corrected chi connectivity index (χ0v) is 22.7. The van der Waals surface area contributed by atoms with E-state index in [0.29, 0.717) is 38.0 Å². The summed E-state index contributed by atoms with van der Waals surface area (Å²) < 4.78 is 59.6. The first-order valence-corrected chi connectivity index (χ1v) is 13.8. The lowest BCUT2D eigenvalue weighted by Crippen LogP contribution is -2.45. The summed E-state index contributed by atoms with van der Waals surface area (Å²) in [7, 11) is 1.38. The van der Waals surface area contributed by atoms with E-state index >= 15 is 0 Å². The zero-order valence-electron chi connectivity index (χ0n) is 22.7. The Bertz CT molecular complexity index is 1240. The van der Waals surface area contributed by atoms with Gasteiger partial charge in [-0.05, 0) is 56.7 Å². The molecule has 1 N–H and O–H groups in total. The van der Waals surface area contributed by atoms with Gasteiger partial charge in [-0.25, -0.2) is 14.2 Å². The van der Waals surface area contributed by atoms with Crippen molar-refractivity contribution in [3.05, 3.63) is 52.9 Å². The zero-order chi connectivity index (χ0) is 28.6. The number of aromatic nitrogens is 2. The third kappa shape index (κ3) is 6.11. The number of fused-ring (bicyclic) bond motifs is 3.